The lowest BCUT2D eigenvalue weighted by Gasteiger charge is -2.47. The lowest BCUT2D eigenvalue weighted by atomic mass is 9.69. The molecule has 0 radical (unpaired) electrons. The predicted octanol–water partition coefficient (Wildman–Crippen LogP) is 3.28. The quantitative estimate of drug-likeness (QED) is 0.817. The molecule has 2 aliphatic carbocycles. The molecule has 4 atom stereocenters. The van der Waals surface area contributed by atoms with Crippen LogP contribution in [0.2, 0.25) is 0 Å². The average molecular weight is 296 g/mol. The Labute approximate surface area is 131 Å². The Morgan fingerprint density at radius 3 is 2.38 bits per heavy atom. The van der Waals surface area contributed by atoms with Crippen LogP contribution >= 0.6 is 0 Å². The molecule has 0 aliphatic heterocycles. The maximum atomic E-state index is 6.53. The molecule has 0 aromatic heterocycles. The van der Waals surface area contributed by atoms with E-state index in [1.165, 1.54) is 32.1 Å². The molecular weight excluding hydrogens is 260 g/mol. The smallest absolute Gasteiger partial charge is 0.0589 e. The van der Waals surface area contributed by atoms with Crippen molar-refractivity contribution >= 4 is 0 Å². The minimum absolute atomic E-state index is 0.335. The Morgan fingerprint density at radius 1 is 1.19 bits per heavy atom. The minimum atomic E-state index is 0.335. The van der Waals surface area contributed by atoms with Gasteiger partial charge in [0, 0.05) is 31.8 Å². The van der Waals surface area contributed by atoms with Gasteiger partial charge in [-0.3, -0.25) is 4.90 Å². The maximum absolute atomic E-state index is 6.53. The van der Waals surface area contributed by atoms with Gasteiger partial charge in [0.1, 0.15) is 0 Å². The average Bonchev–Trinajstić information content (AvgIpc) is 3.23. The number of ether oxygens (including phenoxy) is 1. The molecular formula is C18H36N2O. The van der Waals surface area contributed by atoms with Crippen molar-refractivity contribution in [3.63, 3.8) is 0 Å². The fraction of sp³-hybridized carbons (Fsp3) is 1.00. The van der Waals surface area contributed by atoms with E-state index in [1.807, 2.05) is 0 Å². The van der Waals surface area contributed by atoms with E-state index in [1.54, 1.807) is 7.11 Å². The molecule has 3 heteroatoms. The number of hydrogen-bond acceptors (Lipinski definition) is 3. The molecule has 0 aromatic rings. The van der Waals surface area contributed by atoms with E-state index < -0.39 is 0 Å². The minimum Gasteiger partial charge on any atom is -0.383 e. The van der Waals surface area contributed by atoms with E-state index in [0.29, 0.717) is 23.5 Å². The van der Waals surface area contributed by atoms with Crippen LogP contribution < -0.4 is 5.73 Å². The molecule has 2 N–H and O–H groups in total. The van der Waals surface area contributed by atoms with Gasteiger partial charge in [-0.05, 0) is 56.3 Å². The number of rotatable bonds is 6. The summed E-state index contributed by atoms with van der Waals surface area (Å²) < 4.78 is 5.36. The maximum Gasteiger partial charge on any atom is 0.0589 e. The summed E-state index contributed by atoms with van der Waals surface area (Å²) in [6.07, 6.45) is 6.51. The van der Waals surface area contributed by atoms with Crippen molar-refractivity contribution in [2.45, 2.75) is 77.9 Å². The van der Waals surface area contributed by atoms with Gasteiger partial charge in [-0.2, -0.15) is 0 Å². The normalized spacial score (nSPS) is 32.4. The highest BCUT2D eigenvalue weighted by Gasteiger charge is 2.41. The highest BCUT2D eigenvalue weighted by atomic mass is 16.5. The van der Waals surface area contributed by atoms with Crippen molar-refractivity contribution in [2.24, 2.45) is 23.0 Å². The molecule has 0 amide bonds. The highest BCUT2D eigenvalue weighted by Crippen LogP contribution is 2.42. The number of nitrogens with zero attached hydrogens (tertiary/aromatic N) is 1. The first kappa shape index (κ1) is 17.2. The lowest BCUT2D eigenvalue weighted by Crippen LogP contribution is -2.56. The monoisotopic (exact) mass is 296 g/mol. The molecule has 124 valence electrons. The van der Waals surface area contributed by atoms with E-state index in [9.17, 15) is 0 Å². The van der Waals surface area contributed by atoms with Crippen molar-refractivity contribution in [2.75, 3.05) is 20.3 Å². The summed E-state index contributed by atoms with van der Waals surface area (Å²) in [4.78, 5) is 2.68. The SMILES string of the molecule is COCCN(C(C)C1CC1)C1CC(C(C)(C)C)CCC1N. The molecule has 0 saturated heterocycles. The molecule has 0 bridgehead atoms. The lowest BCUT2D eigenvalue weighted by molar-refractivity contribution is 0.0236. The third-order valence-electron chi connectivity index (χ3n) is 5.90. The number of methoxy groups -OCH3 is 1. The van der Waals surface area contributed by atoms with E-state index in [-0.39, 0.29) is 0 Å². The Hall–Kier alpha value is -0.120. The van der Waals surface area contributed by atoms with Crippen LogP contribution in [0.3, 0.4) is 0 Å². The summed E-state index contributed by atoms with van der Waals surface area (Å²) in [5.41, 5.74) is 6.93. The van der Waals surface area contributed by atoms with Crippen molar-refractivity contribution in [1.29, 1.82) is 0 Å². The van der Waals surface area contributed by atoms with Crippen molar-refractivity contribution in [1.82, 2.24) is 4.90 Å². The van der Waals surface area contributed by atoms with Crippen LogP contribution in [0.5, 0.6) is 0 Å². The standard InChI is InChI=1S/C18H36N2O/c1-13(14-6-7-14)20(10-11-21-5)17-12-15(18(2,3)4)8-9-16(17)19/h13-17H,6-12,19H2,1-5H3. The van der Waals surface area contributed by atoms with Gasteiger partial charge >= 0.3 is 0 Å². The Kier molecular flexibility index (Phi) is 5.72. The van der Waals surface area contributed by atoms with Gasteiger partial charge in [-0.15, -0.1) is 0 Å². The zero-order valence-corrected chi connectivity index (χ0v) is 14.8. The second-order valence-electron chi connectivity index (χ2n) is 8.42. The summed E-state index contributed by atoms with van der Waals surface area (Å²) in [6, 6.07) is 1.53. The van der Waals surface area contributed by atoms with Crippen molar-refractivity contribution in [3.05, 3.63) is 0 Å². The molecule has 21 heavy (non-hydrogen) atoms. The third kappa shape index (κ3) is 4.43. The van der Waals surface area contributed by atoms with E-state index in [2.05, 4.69) is 32.6 Å². The summed E-state index contributed by atoms with van der Waals surface area (Å²) in [6.45, 7) is 11.4. The molecule has 2 saturated carbocycles. The van der Waals surface area contributed by atoms with Crippen molar-refractivity contribution < 1.29 is 4.74 Å². The Morgan fingerprint density at radius 2 is 1.86 bits per heavy atom. The molecule has 0 spiro atoms. The summed E-state index contributed by atoms with van der Waals surface area (Å²) in [5, 5.41) is 0. The van der Waals surface area contributed by atoms with Gasteiger partial charge in [0.2, 0.25) is 0 Å². The summed E-state index contributed by atoms with van der Waals surface area (Å²) in [5.74, 6) is 1.68. The first-order valence-electron chi connectivity index (χ1n) is 8.85. The molecule has 2 fully saturated rings. The zero-order chi connectivity index (χ0) is 15.6. The van der Waals surface area contributed by atoms with Gasteiger partial charge in [0.05, 0.1) is 6.61 Å². The Balaban J connectivity index is 2.07. The number of nitrogens with two attached hydrogens (primary N) is 1. The summed E-state index contributed by atoms with van der Waals surface area (Å²) >= 11 is 0. The first-order valence-corrected chi connectivity index (χ1v) is 8.85. The fourth-order valence-electron chi connectivity index (χ4n) is 4.06. The third-order valence-corrected chi connectivity index (χ3v) is 5.90. The van der Waals surface area contributed by atoms with Crippen LogP contribution in [0.15, 0.2) is 0 Å². The largest absolute Gasteiger partial charge is 0.383 e. The van der Waals surface area contributed by atoms with Gasteiger partial charge in [0.15, 0.2) is 0 Å². The van der Waals surface area contributed by atoms with Crippen LogP contribution in [0.25, 0.3) is 0 Å². The fourth-order valence-corrected chi connectivity index (χ4v) is 4.06. The first-order chi connectivity index (χ1) is 9.84. The van der Waals surface area contributed by atoms with Crippen LogP contribution in [0.1, 0.15) is 59.8 Å². The van der Waals surface area contributed by atoms with E-state index in [0.717, 1.165) is 25.0 Å². The number of hydrogen-bond donors (Lipinski definition) is 1. The van der Waals surface area contributed by atoms with Gasteiger partial charge in [0.25, 0.3) is 0 Å². The second-order valence-corrected chi connectivity index (χ2v) is 8.42. The van der Waals surface area contributed by atoms with Gasteiger partial charge in [-0.25, -0.2) is 0 Å². The molecule has 4 unspecified atom stereocenters. The van der Waals surface area contributed by atoms with E-state index >= 15 is 0 Å². The Bertz CT molecular complexity index is 322. The predicted molar refractivity (Wildman–Crippen MR) is 89.3 cm³/mol. The van der Waals surface area contributed by atoms with Crippen LogP contribution in [-0.4, -0.2) is 43.3 Å². The van der Waals surface area contributed by atoms with E-state index in [4.69, 9.17) is 10.5 Å². The van der Waals surface area contributed by atoms with Gasteiger partial charge < -0.3 is 10.5 Å². The topological polar surface area (TPSA) is 38.5 Å². The molecule has 0 heterocycles. The van der Waals surface area contributed by atoms with Gasteiger partial charge in [-0.1, -0.05) is 20.8 Å². The van der Waals surface area contributed by atoms with Crippen LogP contribution in [-0.2, 0) is 4.74 Å². The molecule has 2 rings (SSSR count). The molecule has 2 aliphatic rings. The van der Waals surface area contributed by atoms with Crippen LogP contribution in [0, 0.1) is 17.3 Å². The molecule has 3 nitrogen and oxygen atoms in total. The highest BCUT2D eigenvalue weighted by molar-refractivity contribution is 4.96. The van der Waals surface area contributed by atoms with Crippen LogP contribution in [0.4, 0.5) is 0 Å². The van der Waals surface area contributed by atoms with Crippen molar-refractivity contribution in [3.8, 4) is 0 Å². The molecule has 0 aromatic carbocycles. The zero-order valence-electron chi connectivity index (χ0n) is 14.8. The summed E-state index contributed by atoms with van der Waals surface area (Å²) in [7, 11) is 1.80. The second kappa shape index (κ2) is 6.97.